The van der Waals surface area contributed by atoms with E-state index in [2.05, 4.69) is 0 Å². The lowest BCUT2D eigenvalue weighted by molar-refractivity contribution is -0.140. The lowest BCUT2D eigenvalue weighted by atomic mass is 9.85. The maximum absolute atomic E-state index is 14.7. The fraction of sp³-hybridized carbons (Fsp3) is 0.344. The van der Waals surface area contributed by atoms with Crippen LogP contribution >= 0.6 is 0 Å². The molecule has 1 fully saturated rings. The van der Waals surface area contributed by atoms with E-state index in [1.165, 1.54) is 18.2 Å². The third-order valence-electron chi connectivity index (χ3n) is 7.88. The van der Waals surface area contributed by atoms with Gasteiger partial charge in [-0.1, -0.05) is 42.5 Å². The first-order chi connectivity index (χ1) is 19.5. The first-order valence-corrected chi connectivity index (χ1v) is 13.6. The number of allylic oxidation sites excluding steroid dienone is 1. The molecule has 0 radical (unpaired) electrons. The van der Waals surface area contributed by atoms with Crippen molar-refractivity contribution in [1.82, 2.24) is 4.90 Å². The lowest BCUT2D eigenvalue weighted by Crippen LogP contribution is -2.48. The van der Waals surface area contributed by atoms with Crippen LogP contribution < -0.4 is 0 Å². The molecule has 1 aliphatic carbocycles. The molecule has 216 valence electrons. The summed E-state index contributed by atoms with van der Waals surface area (Å²) in [4.78, 5) is 13.6. The van der Waals surface area contributed by atoms with Gasteiger partial charge in [-0.25, -0.2) is 18.0 Å². The monoisotopic (exact) mass is 573 g/mol. The van der Waals surface area contributed by atoms with E-state index in [0.29, 0.717) is 53.1 Å². The summed E-state index contributed by atoms with van der Waals surface area (Å²) in [7, 11) is 0. The van der Waals surface area contributed by atoms with Crippen molar-refractivity contribution in [1.29, 1.82) is 0 Å². The SMILES string of the molecule is O=C(O)c1ccc2c(c1)CCCC(c1cccc(F)c1C(F)(F)F)=C2c1ccc(CC2CN(CCC(F)F)C2)cc1. The summed E-state index contributed by atoms with van der Waals surface area (Å²) in [5.74, 6) is -2.10. The number of carboxylic acid groups (broad SMARTS) is 1. The van der Waals surface area contributed by atoms with E-state index < -0.39 is 30.0 Å². The van der Waals surface area contributed by atoms with Gasteiger partial charge in [0.05, 0.1) is 11.1 Å². The number of carboxylic acids is 1. The molecule has 0 unspecified atom stereocenters. The Morgan fingerprint density at radius 3 is 2.37 bits per heavy atom. The first-order valence-electron chi connectivity index (χ1n) is 13.6. The Balaban J connectivity index is 1.54. The highest BCUT2D eigenvalue weighted by molar-refractivity contribution is 6.01. The van der Waals surface area contributed by atoms with Crippen LogP contribution in [-0.2, 0) is 19.0 Å². The van der Waals surface area contributed by atoms with Crippen molar-refractivity contribution in [3.8, 4) is 0 Å². The number of hydrogen-bond donors (Lipinski definition) is 1. The Morgan fingerprint density at radius 1 is 0.976 bits per heavy atom. The summed E-state index contributed by atoms with van der Waals surface area (Å²) in [6.45, 7) is 1.85. The summed E-state index contributed by atoms with van der Waals surface area (Å²) >= 11 is 0. The second-order valence-corrected chi connectivity index (χ2v) is 10.8. The van der Waals surface area contributed by atoms with Gasteiger partial charge in [-0.2, -0.15) is 13.2 Å². The molecule has 41 heavy (non-hydrogen) atoms. The second-order valence-electron chi connectivity index (χ2n) is 10.8. The number of likely N-dealkylation sites (tertiary alicyclic amines) is 1. The quantitative estimate of drug-likeness (QED) is 0.278. The zero-order valence-corrected chi connectivity index (χ0v) is 22.2. The number of rotatable bonds is 8. The third kappa shape index (κ3) is 6.35. The predicted molar refractivity (Wildman–Crippen MR) is 144 cm³/mol. The third-order valence-corrected chi connectivity index (χ3v) is 7.88. The van der Waals surface area contributed by atoms with Crippen LogP contribution in [0.1, 0.15) is 63.0 Å². The van der Waals surface area contributed by atoms with Crippen molar-refractivity contribution in [3.63, 3.8) is 0 Å². The number of aromatic carboxylic acids is 1. The summed E-state index contributed by atoms with van der Waals surface area (Å²) in [6, 6.07) is 15.5. The number of halogens is 6. The molecule has 3 aromatic carbocycles. The topological polar surface area (TPSA) is 40.5 Å². The molecule has 0 saturated carbocycles. The fourth-order valence-corrected chi connectivity index (χ4v) is 5.99. The van der Waals surface area contributed by atoms with E-state index in [9.17, 15) is 36.2 Å². The highest BCUT2D eigenvalue weighted by atomic mass is 19.4. The minimum atomic E-state index is -4.91. The van der Waals surface area contributed by atoms with E-state index in [1.807, 2.05) is 29.2 Å². The van der Waals surface area contributed by atoms with E-state index in [4.69, 9.17) is 0 Å². The molecule has 3 nitrogen and oxygen atoms in total. The number of fused-ring (bicyclic) bond motifs is 1. The van der Waals surface area contributed by atoms with E-state index in [1.54, 1.807) is 12.1 Å². The zero-order valence-electron chi connectivity index (χ0n) is 22.2. The molecule has 2 aliphatic rings. The average Bonchev–Trinajstić information content (AvgIpc) is 3.08. The molecule has 0 spiro atoms. The van der Waals surface area contributed by atoms with Crippen molar-refractivity contribution in [2.75, 3.05) is 19.6 Å². The molecule has 1 aliphatic heterocycles. The minimum absolute atomic E-state index is 0.0896. The number of nitrogens with zero attached hydrogens (tertiary/aromatic N) is 1. The van der Waals surface area contributed by atoms with Crippen LogP contribution in [0.5, 0.6) is 0 Å². The van der Waals surface area contributed by atoms with Crippen molar-refractivity contribution >= 4 is 17.1 Å². The fourth-order valence-electron chi connectivity index (χ4n) is 5.99. The Kier molecular flexibility index (Phi) is 8.27. The molecule has 1 heterocycles. The average molecular weight is 574 g/mol. The number of carbonyl (C=O) groups is 1. The van der Waals surface area contributed by atoms with Gasteiger partial charge in [0.15, 0.2) is 0 Å². The van der Waals surface area contributed by atoms with Crippen molar-refractivity contribution in [2.45, 2.75) is 44.7 Å². The van der Waals surface area contributed by atoms with Crippen molar-refractivity contribution in [2.24, 2.45) is 5.92 Å². The second kappa shape index (κ2) is 11.7. The van der Waals surface area contributed by atoms with Gasteiger partial charge in [0.1, 0.15) is 5.82 Å². The maximum atomic E-state index is 14.7. The van der Waals surface area contributed by atoms with E-state index in [0.717, 1.165) is 31.1 Å². The molecule has 5 rings (SSSR count). The van der Waals surface area contributed by atoms with Gasteiger partial charge in [0, 0.05) is 26.1 Å². The summed E-state index contributed by atoms with van der Waals surface area (Å²) in [5, 5.41) is 9.51. The van der Waals surface area contributed by atoms with Crippen LogP contribution in [0.4, 0.5) is 26.3 Å². The smallest absolute Gasteiger partial charge is 0.419 e. The zero-order chi connectivity index (χ0) is 29.3. The van der Waals surface area contributed by atoms with Crippen LogP contribution in [0.3, 0.4) is 0 Å². The highest BCUT2D eigenvalue weighted by Crippen LogP contribution is 2.45. The van der Waals surface area contributed by atoms with Gasteiger partial charge in [-0.3, -0.25) is 0 Å². The van der Waals surface area contributed by atoms with Gasteiger partial charge in [0.2, 0.25) is 6.43 Å². The summed E-state index contributed by atoms with van der Waals surface area (Å²) in [5.41, 5.74) is 2.46. The lowest BCUT2D eigenvalue weighted by Gasteiger charge is -2.39. The van der Waals surface area contributed by atoms with Gasteiger partial charge in [-0.05, 0) is 88.8 Å². The molecule has 1 N–H and O–H groups in total. The summed E-state index contributed by atoms with van der Waals surface area (Å²) in [6.07, 6.45) is -5.45. The molecule has 0 aromatic heterocycles. The van der Waals surface area contributed by atoms with Crippen LogP contribution in [0.25, 0.3) is 11.1 Å². The normalized spacial score (nSPS) is 16.5. The predicted octanol–water partition coefficient (Wildman–Crippen LogP) is 7.97. The molecular formula is C32H29F6NO2. The Bertz CT molecular complexity index is 1460. The van der Waals surface area contributed by atoms with Crippen LogP contribution in [0.2, 0.25) is 0 Å². The van der Waals surface area contributed by atoms with Crippen molar-refractivity contribution < 1.29 is 36.2 Å². The van der Waals surface area contributed by atoms with Crippen LogP contribution in [0, 0.1) is 11.7 Å². The molecular weight excluding hydrogens is 544 g/mol. The summed E-state index contributed by atoms with van der Waals surface area (Å²) < 4.78 is 81.9. The Morgan fingerprint density at radius 2 is 1.71 bits per heavy atom. The molecule has 0 bridgehead atoms. The van der Waals surface area contributed by atoms with Gasteiger partial charge < -0.3 is 10.0 Å². The number of benzene rings is 3. The van der Waals surface area contributed by atoms with Crippen LogP contribution in [0.15, 0.2) is 60.7 Å². The van der Waals surface area contributed by atoms with Crippen molar-refractivity contribution in [3.05, 3.63) is 105 Å². The molecule has 9 heteroatoms. The van der Waals surface area contributed by atoms with Crippen LogP contribution in [-0.4, -0.2) is 42.0 Å². The largest absolute Gasteiger partial charge is 0.478 e. The van der Waals surface area contributed by atoms with Gasteiger partial charge in [-0.15, -0.1) is 0 Å². The number of hydrogen-bond acceptors (Lipinski definition) is 2. The number of alkyl halides is 5. The van der Waals surface area contributed by atoms with E-state index >= 15 is 0 Å². The Hall–Kier alpha value is -3.59. The number of aryl methyl sites for hydroxylation is 1. The highest BCUT2D eigenvalue weighted by Gasteiger charge is 2.38. The minimum Gasteiger partial charge on any atom is -0.478 e. The van der Waals surface area contributed by atoms with Gasteiger partial charge in [0.25, 0.3) is 0 Å². The Labute approximate surface area is 234 Å². The standard InChI is InChI=1S/C32H29F6NO2/c33-27-6-2-5-26(30(27)32(36,37)38)25-4-1-3-22-16-23(31(40)41)11-12-24(22)29(25)21-9-7-19(8-10-21)15-20-17-39(18-20)14-13-28(34)35/h2,5-12,16,20,28H,1,3-4,13-15,17-18H2,(H,40,41). The first kappa shape index (κ1) is 28.9. The molecule has 1 saturated heterocycles. The molecule has 3 aromatic rings. The van der Waals surface area contributed by atoms with E-state index in [-0.39, 0.29) is 24.0 Å². The molecule has 0 amide bonds. The maximum Gasteiger partial charge on any atom is 0.419 e. The van der Waals surface area contributed by atoms with Gasteiger partial charge >= 0.3 is 12.1 Å². The molecule has 0 atom stereocenters.